The monoisotopic (exact) mass is 308 g/mol. The van der Waals surface area contributed by atoms with Gasteiger partial charge in [0.15, 0.2) is 5.82 Å². The van der Waals surface area contributed by atoms with E-state index in [0.717, 1.165) is 5.69 Å². The second kappa shape index (κ2) is 4.92. The molecular formula is C14H14BrFN2. The van der Waals surface area contributed by atoms with Gasteiger partial charge in [-0.25, -0.2) is 14.4 Å². The summed E-state index contributed by atoms with van der Waals surface area (Å²) >= 11 is 3.30. The van der Waals surface area contributed by atoms with Crippen molar-refractivity contribution in [3.8, 4) is 0 Å². The fourth-order valence-corrected chi connectivity index (χ4v) is 3.08. The van der Waals surface area contributed by atoms with Crippen LogP contribution in [0.25, 0.3) is 11.0 Å². The van der Waals surface area contributed by atoms with Gasteiger partial charge in [-0.05, 0) is 25.0 Å². The van der Waals surface area contributed by atoms with Crippen LogP contribution in [0.4, 0.5) is 4.39 Å². The van der Waals surface area contributed by atoms with Crippen LogP contribution >= 0.6 is 15.9 Å². The first kappa shape index (κ1) is 12.0. The highest BCUT2D eigenvalue weighted by Gasteiger charge is 2.18. The van der Waals surface area contributed by atoms with Crippen molar-refractivity contribution in [2.45, 2.75) is 38.0 Å². The maximum Gasteiger partial charge on any atom is 0.152 e. The van der Waals surface area contributed by atoms with Crippen molar-refractivity contribution >= 4 is 27.0 Å². The summed E-state index contributed by atoms with van der Waals surface area (Å²) in [7, 11) is 0. The van der Waals surface area contributed by atoms with Gasteiger partial charge >= 0.3 is 0 Å². The number of hydrogen-bond acceptors (Lipinski definition) is 2. The highest BCUT2D eigenvalue weighted by atomic mass is 79.9. The largest absolute Gasteiger partial charge is 0.250 e. The second-order valence-corrected chi connectivity index (χ2v) is 5.80. The van der Waals surface area contributed by atoms with Gasteiger partial charge in [0.2, 0.25) is 0 Å². The van der Waals surface area contributed by atoms with Gasteiger partial charge in [-0.2, -0.15) is 0 Å². The Morgan fingerprint density at radius 1 is 1.17 bits per heavy atom. The van der Waals surface area contributed by atoms with E-state index in [9.17, 15) is 4.39 Å². The molecule has 18 heavy (non-hydrogen) atoms. The van der Waals surface area contributed by atoms with Crippen molar-refractivity contribution in [2.75, 3.05) is 0 Å². The van der Waals surface area contributed by atoms with Crippen LogP contribution in [-0.2, 0) is 0 Å². The molecule has 1 aromatic carbocycles. The van der Waals surface area contributed by atoms with Crippen molar-refractivity contribution in [1.82, 2.24) is 9.97 Å². The minimum absolute atomic E-state index is 0.318. The molecule has 0 radical (unpaired) electrons. The van der Waals surface area contributed by atoms with Gasteiger partial charge in [-0.15, -0.1) is 0 Å². The summed E-state index contributed by atoms with van der Waals surface area (Å²) in [6.07, 6.45) is 7.94. The van der Waals surface area contributed by atoms with Crippen molar-refractivity contribution < 1.29 is 4.39 Å². The fraction of sp³-hybridized carbons (Fsp3) is 0.429. The Balaban J connectivity index is 2.04. The van der Waals surface area contributed by atoms with Gasteiger partial charge in [0.25, 0.3) is 0 Å². The molecule has 1 heterocycles. The number of benzene rings is 1. The van der Waals surface area contributed by atoms with E-state index in [1.807, 2.05) is 6.07 Å². The number of fused-ring (bicyclic) bond motifs is 1. The molecule has 1 saturated carbocycles. The first-order valence-electron chi connectivity index (χ1n) is 6.36. The highest BCUT2D eigenvalue weighted by molar-refractivity contribution is 9.10. The third-order valence-electron chi connectivity index (χ3n) is 3.61. The lowest BCUT2D eigenvalue weighted by Crippen LogP contribution is -2.07. The normalized spacial score (nSPS) is 17.2. The summed E-state index contributed by atoms with van der Waals surface area (Å²) in [5.74, 6) is 0.180. The van der Waals surface area contributed by atoms with Gasteiger partial charge in [-0.1, -0.05) is 35.2 Å². The van der Waals surface area contributed by atoms with Gasteiger partial charge < -0.3 is 0 Å². The highest BCUT2D eigenvalue weighted by Crippen LogP contribution is 2.32. The Morgan fingerprint density at radius 3 is 2.72 bits per heavy atom. The average Bonchev–Trinajstić information content (AvgIpc) is 2.39. The van der Waals surface area contributed by atoms with E-state index in [0.29, 0.717) is 21.4 Å². The number of nitrogens with zero attached hydrogens (tertiary/aromatic N) is 2. The molecule has 0 amide bonds. The third kappa shape index (κ3) is 2.26. The van der Waals surface area contributed by atoms with Crippen LogP contribution in [0, 0.1) is 5.82 Å². The maximum absolute atomic E-state index is 13.7. The number of halogens is 2. The van der Waals surface area contributed by atoms with Crippen LogP contribution in [-0.4, -0.2) is 9.97 Å². The van der Waals surface area contributed by atoms with Crippen molar-refractivity contribution in [1.29, 1.82) is 0 Å². The Morgan fingerprint density at radius 2 is 1.94 bits per heavy atom. The molecule has 0 bridgehead atoms. The molecule has 94 valence electrons. The SMILES string of the molecule is Fc1cc(Br)cc2nc(C3CCCCC3)cnc12. The summed E-state index contributed by atoms with van der Waals surface area (Å²) in [6.45, 7) is 0. The van der Waals surface area contributed by atoms with Gasteiger partial charge in [-0.3, -0.25) is 0 Å². The summed E-state index contributed by atoms with van der Waals surface area (Å²) in [5.41, 5.74) is 2.02. The third-order valence-corrected chi connectivity index (χ3v) is 4.06. The predicted molar refractivity (Wildman–Crippen MR) is 73.0 cm³/mol. The molecule has 0 N–H and O–H groups in total. The summed E-state index contributed by atoms with van der Waals surface area (Å²) < 4.78 is 14.4. The van der Waals surface area contributed by atoms with Crippen LogP contribution in [0.3, 0.4) is 0 Å². The van der Waals surface area contributed by atoms with E-state index in [1.54, 1.807) is 6.20 Å². The molecule has 1 aromatic heterocycles. The number of hydrogen-bond donors (Lipinski definition) is 0. The molecule has 0 aliphatic heterocycles. The maximum atomic E-state index is 13.7. The van der Waals surface area contributed by atoms with Gasteiger partial charge in [0, 0.05) is 16.6 Å². The Labute approximate surface area is 114 Å². The summed E-state index contributed by atoms with van der Waals surface area (Å²) in [6, 6.07) is 3.26. The van der Waals surface area contributed by atoms with E-state index in [4.69, 9.17) is 0 Å². The van der Waals surface area contributed by atoms with Crippen LogP contribution < -0.4 is 0 Å². The quantitative estimate of drug-likeness (QED) is 0.770. The van der Waals surface area contributed by atoms with E-state index < -0.39 is 0 Å². The van der Waals surface area contributed by atoms with Crippen molar-refractivity contribution in [2.24, 2.45) is 0 Å². The van der Waals surface area contributed by atoms with Crippen LogP contribution in [0.1, 0.15) is 43.7 Å². The Kier molecular flexibility index (Phi) is 3.29. The van der Waals surface area contributed by atoms with Crippen LogP contribution in [0.15, 0.2) is 22.8 Å². The molecular weight excluding hydrogens is 295 g/mol. The van der Waals surface area contributed by atoms with Crippen molar-refractivity contribution in [3.05, 3.63) is 34.3 Å². The zero-order valence-electron chi connectivity index (χ0n) is 10.00. The number of rotatable bonds is 1. The molecule has 4 heteroatoms. The molecule has 0 saturated heterocycles. The topological polar surface area (TPSA) is 25.8 Å². The Bertz CT molecular complexity index is 579. The molecule has 3 rings (SSSR count). The fourth-order valence-electron chi connectivity index (χ4n) is 2.66. The minimum atomic E-state index is -0.318. The van der Waals surface area contributed by atoms with Crippen molar-refractivity contribution in [3.63, 3.8) is 0 Å². The lowest BCUT2D eigenvalue weighted by Gasteiger charge is -2.20. The van der Waals surface area contributed by atoms with Crippen LogP contribution in [0.2, 0.25) is 0 Å². The standard InChI is InChI=1S/C14H14BrFN2/c15-10-6-11(16)14-12(7-10)18-13(8-17-14)9-4-2-1-3-5-9/h6-9H,1-5H2. The number of aromatic nitrogens is 2. The molecule has 0 atom stereocenters. The lowest BCUT2D eigenvalue weighted by atomic mass is 9.87. The lowest BCUT2D eigenvalue weighted by molar-refractivity contribution is 0.436. The first-order chi connectivity index (χ1) is 8.74. The smallest absolute Gasteiger partial charge is 0.152 e. The van der Waals surface area contributed by atoms with E-state index in [-0.39, 0.29) is 5.82 Å². The van der Waals surface area contributed by atoms with E-state index in [2.05, 4.69) is 25.9 Å². The molecule has 2 nitrogen and oxygen atoms in total. The molecule has 1 fully saturated rings. The summed E-state index contributed by atoms with van der Waals surface area (Å²) in [4.78, 5) is 8.83. The van der Waals surface area contributed by atoms with Gasteiger partial charge in [0.1, 0.15) is 5.52 Å². The Hall–Kier alpha value is -1.03. The first-order valence-corrected chi connectivity index (χ1v) is 7.15. The average molecular weight is 309 g/mol. The molecule has 1 aliphatic rings. The van der Waals surface area contributed by atoms with Crippen LogP contribution in [0.5, 0.6) is 0 Å². The van der Waals surface area contributed by atoms with Gasteiger partial charge in [0.05, 0.1) is 11.2 Å². The minimum Gasteiger partial charge on any atom is -0.250 e. The molecule has 0 spiro atoms. The second-order valence-electron chi connectivity index (χ2n) is 4.89. The van der Waals surface area contributed by atoms with E-state index >= 15 is 0 Å². The zero-order valence-corrected chi connectivity index (χ0v) is 11.6. The summed E-state index contributed by atoms with van der Waals surface area (Å²) in [5, 5.41) is 0. The zero-order chi connectivity index (χ0) is 12.5. The molecule has 0 unspecified atom stereocenters. The molecule has 2 aromatic rings. The predicted octanol–water partition coefficient (Wildman–Crippen LogP) is 4.58. The van der Waals surface area contributed by atoms with E-state index in [1.165, 1.54) is 38.2 Å². The molecule has 1 aliphatic carbocycles.